The number of nitrogens with one attached hydrogen (secondary N) is 2. The van der Waals surface area contributed by atoms with Crippen LogP contribution in [0.3, 0.4) is 0 Å². The summed E-state index contributed by atoms with van der Waals surface area (Å²) in [6.45, 7) is 0. The summed E-state index contributed by atoms with van der Waals surface area (Å²) in [5, 5.41) is 11.8. The van der Waals surface area contributed by atoms with Gasteiger partial charge in [-0.1, -0.05) is 12.1 Å². The smallest absolute Gasteiger partial charge is 0.261 e. The van der Waals surface area contributed by atoms with Gasteiger partial charge >= 0.3 is 0 Å². The fourth-order valence-corrected chi connectivity index (χ4v) is 5.13. The topological polar surface area (TPSA) is 101 Å². The molecule has 4 rings (SSSR count). The highest BCUT2D eigenvalue weighted by atomic mass is 32.2. The highest BCUT2D eigenvalue weighted by Gasteiger charge is 2.39. The van der Waals surface area contributed by atoms with E-state index >= 15 is 0 Å². The van der Waals surface area contributed by atoms with Crippen LogP contribution in [0.1, 0.15) is 28.9 Å². The molecule has 3 unspecified atom stereocenters. The number of carbonyl (C=O) groups excluding carboxylic acids is 1. The van der Waals surface area contributed by atoms with E-state index in [0.29, 0.717) is 17.0 Å². The van der Waals surface area contributed by atoms with E-state index < -0.39 is 10.0 Å². The normalized spacial score (nSPS) is 25.2. The molecule has 0 saturated carbocycles. The predicted octanol–water partition coefficient (Wildman–Crippen LogP) is 1.69. The minimum atomic E-state index is -3.75. The zero-order valence-corrected chi connectivity index (χ0v) is 15.1. The zero-order chi connectivity index (χ0) is 17.6. The summed E-state index contributed by atoms with van der Waals surface area (Å²) in [7, 11) is -3.75. The largest absolute Gasteiger partial charge is 0.347 e. The van der Waals surface area contributed by atoms with Crippen molar-refractivity contribution in [3.8, 4) is 10.4 Å². The van der Waals surface area contributed by atoms with Gasteiger partial charge in [0.1, 0.15) is 0 Å². The van der Waals surface area contributed by atoms with Crippen LogP contribution >= 0.6 is 11.3 Å². The molecule has 2 saturated heterocycles. The Balaban J connectivity index is 1.51. The van der Waals surface area contributed by atoms with Gasteiger partial charge < -0.3 is 10.6 Å². The summed E-state index contributed by atoms with van der Waals surface area (Å²) in [5.74, 6) is -0.0711. The second-order valence-corrected chi connectivity index (χ2v) is 9.25. The van der Waals surface area contributed by atoms with Crippen LogP contribution in [0.2, 0.25) is 0 Å². The van der Waals surface area contributed by atoms with E-state index in [-0.39, 0.29) is 16.8 Å². The Morgan fingerprint density at radius 2 is 2.08 bits per heavy atom. The second-order valence-electron chi connectivity index (χ2n) is 6.60. The molecule has 0 aliphatic carbocycles. The number of primary sulfonamides is 1. The fraction of sp³-hybridized carbons (Fsp3) is 0.353. The maximum absolute atomic E-state index is 12.5. The van der Waals surface area contributed by atoms with E-state index in [1.807, 2.05) is 12.1 Å². The average Bonchev–Trinajstić information content (AvgIpc) is 3.30. The van der Waals surface area contributed by atoms with Gasteiger partial charge in [-0.15, -0.1) is 11.3 Å². The molecule has 3 atom stereocenters. The lowest BCUT2D eigenvalue weighted by Gasteiger charge is -2.20. The van der Waals surface area contributed by atoms with Crippen LogP contribution in [-0.4, -0.2) is 32.5 Å². The lowest BCUT2D eigenvalue weighted by molar-refractivity contribution is 0.0935. The number of hydrogen-bond donors (Lipinski definition) is 3. The lowest BCUT2D eigenvalue weighted by atomic mass is 9.95. The van der Waals surface area contributed by atoms with Crippen molar-refractivity contribution in [1.82, 2.24) is 10.6 Å². The van der Waals surface area contributed by atoms with Gasteiger partial charge in [-0.05, 0) is 49.1 Å². The Kier molecular flexibility index (Phi) is 4.15. The van der Waals surface area contributed by atoms with E-state index in [1.54, 1.807) is 12.1 Å². The summed E-state index contributed by atoms with van der Waals surface area (Å²) >= 11 is 1.35. The van der Waals surface area contributed by atoms with Gasteiger partial charge in [0.25, 0.3) is 5.91 Å². The SMILES string of the molecule is NS(=O)(=O)c1cccc(-c2ccc(C(=O)NC3CC4CCC3N4)s2)c1. The fourth-order valence-electron chi connectivity index (χ4n) is 3.66. The number of fused-ring (bicyclic) bond motifs is 2. The van der Waals surface area contributed by atoms with Gasteiger partial charge in [-0.25, -0.2) is 13.6 Å². The van der Waals surface area contributed by atoms with Crippen molar-refractivity contribution < 1.29 is 13.2 Å². The van der Waals surface area contributed by atoms with E-state index in [2.05, 4.69) is 10.6 Å². The third-order valence-electron chi connectivity index (χ3n) is 4.89. The Morgan fingerprint density at radius 3 is 2.76 bits per heavy atom. The number of carbonyl (C=O) groups is 1. The maximum Gasteiger partial charge on any atom is 0.261 e. The van der Waals surface area contributed by atoms with Gasteiger partial charge in [0, 0.05) is 23.0 Å². The molecule has 0 spiro atoms. The van der Waals surface area contributed by atoms with Crippen LogP contribution in [0.5, 0.6) is 0 Å². The molecule has 2 bridgehead atoms. The number of amides is 1. The number of sulfonamides is 1. The lowest BCUT2D eigenvalue weighted by Crippen LogP contribution is -2.42. The number of rotatable bonds is 4. The van der Waals surface area contributed by atoms with E-state index in [4.69, 9.17) is 5.14 Å². The minimum absolute atomic E-state index is 0.0671. The molecule has 2 fully saturated rings. The molecule has 132 valence electrons. The number of hydrogen-bond acceptors (Lipinski definition) is 5. The second kappa shape index (κ2) is 6.21. The minimum Gasteiger partial charge on any atom is -0.347 e. The van der Waals surface area contributed by atoms with Gasteiger partial charge in [0.2, 0.25) is 10.0 Å². The molecular formula is C17H19N3O3S2. The Morgan fingerprint density at radius 1 is 1.24 bits per heavy atom. The standard InChI is InChI=1S/C17H19N3O3S2/c18-25(22,23)12-3-1-2-10(8-12)15-6-7-16(24-15)17(21)20-14-9-11-4-5-13(14)19-11/h1-3,6-8,11,13-14,19H,4-5,9H2,(H,20,21)(H2,18,22,23). The Hall–Kier alpha value is -1.74. The quantitative estimate of drug-likeness (QED) is 0.754. The molecule has 0 radical (unpaired) electrons. The molecule has 2 aromatic rings. The molecular weight excluding hydrogens is 358 g/mol. The highest BCUT2D eigenvalue weighted by Crippen LogP contribution is 2.31. The van der Waals surface area contributed by atoms with Crippen molar-refractivity contribution in [3.63, 3.8) is 0 Å². The first-order chi connectivity index (χ1) is 11.9. The molecule has 1 aromatic carbocycles. The van der Waals surface area contributed by atoms with Crippen molar-refractivity contribution in [1.29, 1.82) is 0 Å². The average molecular weight is 377 g/mol. The molecule has 6 nitrogen and oxygen atoms in total. The molecule has 1 aromatic heterocycles. The van der Waals surface area contributed by atoms with Gasteiger partial charge in [0.05, 0.1) is 9.77 Å². The van der Waals surface area contributed by atoms with Crippen LogP contribution in [-0.2, 0) is 10.0 Å². The molecule has 4 N–H and O–H groups in total. The van der Waals surface area contributed by atoms with E-state index in [0.717, 1.165) is 23.3 Å². The predicted molar refractivity (Wildman–Crippen MR) is 96.9 cm³/mol. The van der Waals surface area contributed by atoms with Gasteiger partial charge in [-0.3, -0.25) is 4.79 Å². The molecule has 2 aliphatic rings. The highest BCUT2D eigenvalue weighted by molar-refractivity contribution is 7.89. The summed E-state index contributed by atoms with van der Waals surface area (Å²) in [5.41, 5.74) is 0.733. The monoisotopic (exact) mass is 377 g/mol. The maximum atomic E-state index is 12.5. The van der Waals surface area contributed by atoms with Crippen molar-refractivity contribution in [2.24, 2.45) is 5.14 Å². The summed E-state index contributed by atoms with van der Waals surface area (Å²) in [6.07, 6.45) is 3.30. The number of nitrogens with two attached hydrogens (primary N) is 1. The Labute approximate surface area is 150 Å². The van der Waals surface area contributed by atoms with Crippen LogP contribution in [0, 0.1) is 0 Å². The van der Waals surface area contributed by atoms with Gasteiger partial charge in [0.15, 0.2) is 0 Å². The summed E-state index contributed by atoms with van der Waals surface area (Å²) in [6, 6.07) is 11.2. The van der Waals surface area contributed by atoms with Crippen molar-refractivity contribution in [2.75, 3.05) is 0 Å². The van der Waals surface area contributed by atoms with Crippen molar-refractivity contribution >= 4 is 27.3 Å². The number of benzene rings is 1. The number of thiophene rings is 1. The third kappa shape index (κ3) is 3.35. The van der Waals surface area contributed by atoms with Crippen LogP contribution in [0.15, 0.2) is 41.3 Å². The molecule has 2 aliphatic heterocycles. The van der Waals surface area contributed by atoms with Crippen molar-refractivity contribution in [2.45, 2.75) is 42.3 Å². The van der Waals surface area contributed by atoms with Crippen LogP contribution in [0.4, 0.5) is 0 Å². The first kappa shape index (κ1) is 16.7. The first-order valence-electron chi connectivity index (χ1n) is 8.20. The third-order valence-corrected chi connectivity index (χ3v) is 6.94. The molecule has 25 heavy (non-hydrogen) atoms. The summed E-state index contributed by atoms with van der Waals surface area (Å²) < 4.78 is 23.0. The first-order valence-corrected chi connectivity index (χ1v) is 10.6. The van der Waals surface area contributed by atoms with Crippen LogP contribution < -0.4 is 15.8 Å². The Bertz CT molecular complexity index is 923. The summed E-state index contributed by atoms with van der Waals surface area (Å²) in [4.78, 5) is 14.0. The molecule has 3 heterocycles. The molecule has 1 amide bonds. The van der Waals surface area contributed by atoms with Gasteiger partial charge in [-0.2, -0.15) is 0 Å². The molecule has 8 heteroatoms. The zero-order valence-electron chi connectivity index (χ0n) is 13.4. The van der Waals surface area contributed by atoms with Crippen molar-refractivity contribution in [3.05, 3.63) is 41.3 Å². The van der Waals surface area contributed by atoms with Crippen LogP contribution in [0.25, 0.3) is 10.4 Å². The van der Waals surface area contributed by atoms with E-state index in [9.17, 15) is 13.2 Å². The van der Waals surface area contributed by atoms with E-state index in [1.165, 1.54) is 29.9 Å².